The van der Waals surface area contributed by atoms with Crippen molar-refractivity contribution in [1.82, 2.24) is 29.4 Å². The lowest BCUT2D eigenvalue weighted by Crippen LogP contribution is -2.77. The van der Waals surface area contributed by atoms with E-state index in [9.17, 15) is 38.7 Å². The molecule has 6 saturated heterocycles. The Morgan fingerprint density at radius 1 is 0.702 bits per heavy atom. The number of nitrogens with zero attached hydrogens (tertiary/aromatic N) is 6. The van der Waals surface area contributed by atoms with E-state index in [1.807, 2.05) is 0 Å². The molecule has 6 aliphatic rings. The Bertz CT molecular complexity index is 1650. The van der Waals surface area contributed by atoms with Crippen molar-refractivity contribution in [2.45, 2.75) is 147 Å². The number of rotatable bonds is 8. The Morgan fingerprint density at radius 2 is 1.25 bits per heavy atom. The largest absolute Gasteiger partial charge is 0.460 e. The van der Waals surface area contributed by atoms with Crippen molar-refractivity contribution in [3.8, 4) is 0 Å². The van der Waals surface area contributed by atoms with Gasteiger partial charge in [0.2, 0.25) is 11.8 Å². The molecular weight excluding hydrogens is 740 g/mol. The number of carbonyl (C=O) groups is 7. The van der Waals surface area contributed by atoms with E-state index in [2.05, 4.69) is 0 Å². The Labute approximate surface area is 335 Å². The maximum Gasteiger partial charge on any atom is 0.411 e. The molecule has 6 amide bonds. The highest BCUT2D eigenvalue weighted by Crippen LogP contribution is 2.48. The molecule has 318 valence electrons. The highest BCUT2D eigenvalue weighted by molar-refractivity contribution is 6.01. The van der Waals surface area contributed by atoms with Gasteiger partial charge in [-0.3, -0.25) is 33.8 Å². The van der Waals surface area contributed by atoms with Crippen LogP contribution in [0.2, 0.25) is 0 Å². The third-order valence-electron chi connectivity index (χ3n) is 12.5. The number of aliphatic hydroxyl groups is 1. The van der Waals surface area contributed by atoms with E-state index in [1.165, 1.54) is 33.4 Å². The second-order valence-corrected chi connectivity index (χ2v) is 19.0. The van der Waals surface area contributed by atoms with Gasteiger partial charge in [-0.25, -0.2) is 9.59 Å². The Morgan fingerprint density at radius 3 is 1.79 bits per heavy atom. The number of hydrogen-bond acceptors (Lipinski definition) is 11. The van der Waals surface area contributed by atoms with Crippen molar-refractivity contribution in [1.29, 1.82) is 0 Å². The second kappa shape index (κ2) is 15.2. The van der Waals surface area contributed by atoms with E-state index in [-0.39, 0.29) is 49.7 Å². The third-order valence-corrected chi connectivity index (χ3v) is 12.5. The summed E-state index contributed by atoms with van der Waals surface area (Å²) >= 11 is 0. The third kappa shape index (κ3) is 7.88. The summed E-state index contributed by atoms with van der Waals surface area (Å²) in [6.07, 6.45) is 0.272. The molecular formula is C40H62N6O11. The molecule has 17 heteroatoms. The zero-order valence-electron chi connectivity index (χ0n) is 35.1. The first kappa shape index (κ1) is 42.5. The molecule has 0 saturated carbocycles. The van der Waals surface area contributed by atoms with Gasteiger partial charge in [-0.15, -0.1) is 0 Å². The van der Waals surface area contributed by atoms with E-state index >= 15 is 0 Å². The van der Waals surface area contributed by atoms with Crippen molar-refractivity contribution in [2.24, 2.45) is 11.8 Å². The molecule has 8 atom stereocenters. The summed E-state index contributed by atoms with van der Waals surface area (Å²) in [6.45, 7) is 17.3. The molecule has 1 N–H and O–H groups in total. The van der Waals surface area contributed by atoms with Crippen LogP contribution in [0, 0.1) is 11.8 Å². The van der Waals surface area contributed by atoms with Crippen molar-refractivity contribution in [3.05, 3.63) is 0 Å². The average molecular weight is 803 g/mol. The minimum atomic E-state index is -1.29. The number of amides is 6. The summed E-state index contributed by atoms with van der Waals surface area (Å²) in [5, 5.41) is 10.9. The Kier molecular flexibility index (Phi) is 11.3. The molecule has 6 heterocycles. The van der Waals surface area contributed by atoms with E-state index < -0.39 is 76.5 Å². The van der Waals surface area contributed by atoms with Crippen molar-refractivity contribution in [3.63, 3.8) is 0 Å². The van der Waals surface area contributed by atoms with Crippen molar-refractivity contribution in [2.75, 3.05) is 52.4 Å². The smallest absolute Gasteiger partial charge is 0.411 e. The molecule has 6 rings (SSSR count). The van der Waals surface area contributed by atoms with Crippen LogP contribution < -0.4 is 0 Å². The van der Waals surface area contributed by atoms with E-state index in [0.717, 1.165) is 12.8 Å². The number of ether oxygens (including phenoxy) is 3. The van der Waals surface area contributed by atoms with E-state index in [4.69, 9.17) is 14.2 Å². The molecule has 0 aromatic rings. The molecule has 17 nitrogen and oxygen atoms in total. The van der Waals surface area contributed by atoms with Crippen molar-refractivity contribution >= 4 is 41.8 Å². The molecule has 0 radical (unpaired) electrons. The number of hydrogen-bond donors (Lipinski definition) is 1. The first-order valence-electron chi connectivity index (χ1n) is 20.6. The molecule has 0 aromatic carbocycles. The van der Waals surface area contributed by atoms with Gasteiger partial charge in [0.05, 0.1) is 19.2 Å². The fraction of sp³-hybridized carbons (Fsp3) is 0.825. The van der Waals surface area contributed by atoms with Crippen LogP contribution in [0.5, 0.6) is 0 Å². The number of carbonyl (C=O) groups excluding carboxylic acids is 7. The summed E-state index contributed by atoms with van der Waals surface area (Å²) in [5.41, 5.74) is -3.98. The Hall–Kier alpha value is -4.15. The second-order valence-electron chi connectivity index (χ2n) is 19.0. The lowest BCUT2D eigenvalue weighted by atomic mass is 9.78. The maximum atomic E-state index is 14.5. The van der Waals surface area contributed by atoms with Crippen LogP contribution in [0.3, 0.4) is 0 Å². The topological polar surface area (TPSA) is 187 Å². The van der Waals surface area contributed by atoms with Gasteiger partial charge in [0.15, 0.2) is 0 Å². The van der Waals surface area contributed by atoms with Crippen molar-refractivity contribution < 1.29 is 52.9 Å². The zero-order valence-corrected chi connectivity index (χ0v) is 35.1. The lowest BCUT2D eigenvalue weighted by Gasteiger charge is -2.54. The number of likely N-dealkylation sites (tertiary alicyclic amines) is 6. The van der Waals surface area contributed by atoms with Crippen LogP contribution in [0.15, 0.2) is 0 Å². The monoisotopic (exact) mass is 802 g/mol. The number of aliphatic hydroxyl groups excluding tert-OH is 1. The molecule has 57 heavy (non-hydrogen) atoms. The molecule has 6 aliphatic heterocycles. The van der Waals surface area contributed by atoms with E-state index in [0.29, 0.717) is 52.0 Å². The SMILES string of the molecule is CC(=O)O[C@H](C)[C@@H](C(=O)N1CCCC1)N1C[C@@]2(CC(C3CCN(C(=O)[C@H]([C@@H](C)O)N4CC5(CCCN5C(=O)OC(C)(C)C)C4=O)C3)CN2C(=O)OC(C)(C)C)C1=O. The van der Waals surface area contributed by atoms with Gasteiger partial charge in [-0.05, 0) is 106 Å². The molecule has 6 fully saturated rings. The molecule has 0 aromatic heterocycles. The quantitative estimate of drug-likeness (QED) is 0.215. The van der Waals surface area contributed by atoms with E-state index in [1.54, 1.807) is 58.3 Å². The standard InChI is InChI=1S/C40H62N6O11/c1-24(47)29(43-22-39(33(43)51)14-12-17-45(39)35(53)56-37(4,5)6)31(49)42-18-13-27(20-42)28-19-40(46(21-28)36(54)57-38(7,8)9)23-44(34(40)52)30(25(2)55-26(3)48)32(50)41-15-10-11-16-41/h24-25,27-30,47H,10-23H2,1-9H3/t24-,25-,27?,28?,29+,30+,39?,40+/m1/s1. The molecule has 2 spiro atoms. The number of β-lactam (4-membered cyclic amide) rings is 2. The average Bonchev–Trinajstić information content (AvgIpc) is 3.92. The fourth-order valence-corrected chi connectivity index (χ4v) is 9.94. The normalized spacial score (nSPS) is 29.7. The summed E-state index contributed by atoms with van der Waals surface area (Å²) in [4.78, 5) is 104. The minimum Gasteiger partial charge on any atom is -0.460 e. The van der Waals surface area contributed by atoms with Crippen LogP contribution in [0.1, 0.15) is 101 Å². The molecule has 0 bridgehead atoms. The number of esters is 1. The van der Waals surface area contributed by atoms with Gasteiger partial charge in [-0.1, -0.05) is 0 Å². The summed E-state index contributed by atoms with van der Waals surface area (Å²) in [7, 11) is 0. The van der Waals surface area contributed by atoms with Crippen LogP contribution in [0.4, 0.5) is 9.59 Å². The van der Waals surface area contributed by atoms with Gasteiger partial charge >= 0.3 is 18.2 Å². The maximum absolute atomic E-state index is 14.5. The van der Waals surface area contributed by atoms with Gasteiger partial charge in [0.1, 0.15) is 40.5 Å². The van der Waals surface area contributed by atoms with Gasteiger partial charge in [0.25, 0.3) is 11.8 Å². The molecule has 0 aliphatic carbocycles. The van der Waals surface area contributed by atoms with Crippen LogP contribution in [-0.4, -0.2) is 175 Å². The van der Waals surface area contributed by atoms with Gasteiger partial charge in [-0.2, -0.15) is 0 Å². The van der Waals surface area contributed by atoms with Crippen LogP contribution in [-0.2, 0) is 38.2 Å². The highest BCUT2D eigenvalue weighted by Gasteiger charge is 2.67. The zero-order chi connectivity index (χ0) is 42.0. The Balaban J connectivity index is 1.17. The molecule has 3 unspecified atom stereocenters. The predicted octanol–water partition coefficient (Wildman–Crippen LogP) is 1.98. The first-order chi connectivity index (χ1) is 26.5. The van der Waals surface area contributed by atoms with Gasteiger partial charge < -0.3 is 38.9 Å². The predicted molar refractivity (Wildman–Crippen MR) is 203 cm³/mol. The highest BCUT2D eigenvalue weighted by atomic mass is 16.6. The first-order valence-corrected chi connectivity index (χ1v) is 20.6. The summed E-state index contributed by atoms with van der Waals surface area (Å²) in [5.74, 6) is -2.39. The summed E-state index contributed by atoms with van der Waals surface area (Å²) < 4.78 is 16.9. The minimum absolute atomic E-state index is 0.0516. The lowest BCUT2D eigenvalue weighted by molar-refractivity contribution is -0.178. The summed E-state index contributed by atoms with van der Waals surface area (Å²) in [6, 6.07) is -2.20. The van der Waals surface area contributed by atoms with Gasteiger partial charge in [0, 0.05) is 46.2 Å². The van der Waals surface area contributed by atoms with Crippen LogP contribution in [0.25, 0.3) is 0 Å². The van der Waals surface area contributed by atoms with Crippen LogP contribution >= 0.6 is 0 Å². The fourth-order valence-electron chi connectivity index (χ4n) is 9.94.